The fraction of sp³-hybridized carbons (Fsp3) is 0.538. The first kappa shape index (κ1) is 24.4. The first-order valence-electron chi connectivity index (χ1n) is 12.0. The van der Waals surface area contributed by atoms with Crippen molar-refractivity contribution in [2.75, 3.05) is 26.2 Å². The highest BCUT2D eigenvalue weighted by atomic mass is 32.2. The van der Waals surface area contributed by atoms with E-state index in [0.29, 0.717) is 24.4 Å². The molecule has 33 heavy (non-hydrogen) atoms. The van der Waals surface area contributed by atoms with Gasteiger partial charge < -0.3 is 10.4 Å². The quantitative estimate of drug-likeness (QED) is 0.619. The van der Waals surface area contributed by atoms with Crippen molar-refractivity contribution < 1.29 is 13.5 Å². The minimum atomic E-state index is -3.62. The first-order valence-corrected chi connectivity index (χ1v) is 13.4. The van der Waals surface area contributed by atoms with Crippen molar-refractivity contribution in [1.82, 2.24) is 14.5 Å². The Hall–Kier alpha value is -1.77. The number of benzene rings is 2. The Morgan fingerprint density at radius 2 is 1.79 bits per heavy atom. The monoisotopic (exact) mass is 471 g/mol. The van der Waals surface area contributed by atoms with Gasteiger partial charge in [-0.15, -0.1) is 0 Å². The molecule has 2 heterocycles. The van der Waals surface area contributed by atoms with E-state index >= 15 is 0 Å². The van der Waals surface area contributed by atoms with Crippen LogP contribution in [0.25, 0.3) is 0 Å². The zero-order valence-corrected chi connectivity index (χ0v) is 20.8. The number of fused-ring (bicyclic) bond motifs is 1. The first-order chi connectivity index (χ1) is 15.7. The fourth-order valence-corrected chi connectivity index (χ4v) is 6.84. The van der Waals surface area contributed by atoms with E-state index < -0.39 is 22.2 Å². The molecule has 4 rings (SSSR count). The molecule has 2 N–H and O–H groups in total. The topological polar surface area (TPSA) is 72.9 Å². The number of nitrogens with zero attached hydrogens (tertiary/aromatic N) is 2. The lowest BCUT2D eigenvalue weighted by Crippen LogP contribution is -2.54. The number of aliphatic hydroxyl groups is 1. The van der Waals surface area contributed by atoms with Crippen LogP contribution >= 0.6 is 0 Å². The molecule has 2 aromatic rings. The van der Waals surface area contributed by atoms with Gasteiger partial charge in [-0.2, -0.15) is 4.31 Å². The maximum absolute atomic E-state index is 13.2. The molecule has 0 spiro atoms. The molecule has 7 heteroatoms. The molecule has 0 saturated carbocycles. The number of rotatable bonds is 8. The summed E-state index contributed by atoms with van der Waals surface area (Å²) in [6.07, 6.45) is 1.75. The van der Waals surface area contributed by atoms with E-state index in [1.54, 1.807) is 12.1 Å². The van der Waals surface area contributed by atoms with Crippen molar-refractivity contribution in [2.24, 2.45) is 0 Å². The number of aryl methyl sites for hydroxylation is 1. The second-order valence-corrected chi connectivity index (χ2v) is 12.1. The van der Waals surface area contributed by atoms with Gasteiger partial charge in [0, 0.05) is 38.3 Å². The van der Waals surface area contributed by atoms with Crippen LogP contribution in [0.3, 0.4) is 0 Å². The van der Waals surface area contributed by atoms with Crippen LogP contribution < -0.4 is 5.32 Å². The average molecular weight is 472 g/mol. The van der Waals surface area contributed by atoms with Gasteiger partial charge in [0.25, 0.3) is 0 Å². The van der Waals surface area contributed by atoms with Crippen LogP contribution in [-0.4, -0.2) is 66.6 Å². The number of hydrogen-bond donors (Lipinski definition) is 2. The molecule has 0 unspecified atom stereocenters. The van der Waals surface area contributed by atoms with Gasteiger partial charge in [0.15, 0.2) is 0 Å². The van der Waals surface area contributed by atoms with Gasteiger partial charge in [-0.25, -0.2) is 8.42 Å². The summed E-state index contributed by atoms with van der Waals surface area (Å²) < 4.78 is 27.9. The summed E-state index contributed by atoms with van der Waals surface area (Å²) in [5, 5.41) is 14.5. The molecular weight excluding hydrogens is 434 g/mol. The van der Waals surface area contributed by atoms with Crippen LogP contribution in [0, 0.1) is 6.92 Å². The smallest absolute Gasteiger partial charge is 0.243 e. The molecular formula is C26H37N3O3S. The molecule has 0 bridgehead atoms. The van der Waals surface area contributed by atoms with Crippen molar-refractivity contribution >= 4 is 10.0 Å². The summed E-state index contributed by atoms with van der Waals surface area (Å²) in [5.74, 6) is 0. The van der Waals surface area contributed by atoms with Crippen LogP contribution in [0.2, 0.25) is 0 Å². The van der Waals surface area contributed by atoms with Crippen molar-refractivity contribution in [3.63, 3.8) is 0 Å². The van der Waals surface area contributed by atoms with Gasteiger partial charge >= 0.3 is 0 Å². The van der Waals surface area contributed by atoms with E-state index in [-0.39, 0.29) is 5.54 Å². The summed E-state index contributed by atoms with van der Waals surface area (Å²) in [7, 11) is -3.62. The Balaban J connectivity index is 1.35. The van der Waals surface area contributed by atoms with Gasteiger partial charge in [0.1, 0.15) is 0 Å². The summed E-state index contributed by atoms with van der Waals surface area (Å²) >= 11 is 0. The lowest BCUT2D eigenvalue weighted by atomic mass is 9.97. The molecule has 1 saturated heterocycles. The molecule has 1 fully saturated rings. The minimum Gasteiger partial charge on any atom is -0.390 e. The maximum Gasteiger partial charge on any atom is 0.243 e. The highest BCUT2D eigenvalue weighted by Crippen LogP contribution is 2.28. The van der Waals surface area contributed by atoms with Gasteiger partial charge in [-0.3, -0.25) is 4.90 Å². The fourth-order valence-electron chi connectivity index (χ4n) is 5.12. The van der Waals surface area contributed by atoms with Gasteiger partial charge in [0.05, 0.1) is 17.0 Å². The molecule has 0 amide bonds. The Morgan fingerprint density at radius 1 is 1.09 bits per heavy atom. The van der Waals surface area contributed by atoms with Crippen LogP contribution in [0.1, 0.15) is 43.4 Å². The third-order valence-corrected chi connectivity index (χ3v) is 8.88. The molecule has 0 radical (unpaired) electrons. The normalized spacial score (nSPS) is 21.2. The van der Waals surface area contributed by atoms with Gasteiger partial charge in [-0.05, 0) is 63.3 Å². The van der Waals surface area contributed by atoms with Gasteiger partial charge in [-0.1, -0.05) is 42.0 Å². The largest absolute Gasteiger partial charge is 0.390 e. The molecule has 2 aliphatic rings. The van der Waals surface area contributed by atoms with E-state index in [9.17, 15) is 13.5 Å². The van der Waals surface area contributed by atoms with Crippen molar-refractivity contribution in [1.29, 1.82) is 0 Å². The Morgan fingerprint density at radius 3 is 2.52 bits per heavy atom. The van der Waals surface area contributed by atoms with E-state index in [1.807, 2.05) is 19.1 Å². The second kappa shape index (κ2) is 9.84. The predicted octanol–water partition coefficient (Wildman–Crippen LogP) is 2.94. The van der Waals surface area contributed by atoms with E-state index in [0.717, 1.165) is 38.0 Å². The lowest BCUT2D eigenvalue weighted by Gasteiger charge is -2.37. The summed E-state index contributed by atoms with van der Waals surface area (Å²) in [6, 6.07) is 15.2. The molecule has 0 aromatic heterocycles. The number of nitrogens with one attached hydrogen (secondary N) is 1. The molecule has 6 nitrogen and oxygen atoms in total. The van der Waals surface area contributed by atoms with Crippen LogP contribution in [0.4, 0.5) is 0 Å². The summed E-state index contributed by atoms with van der Waals surface area (Å²) in [5.41, 5.74) is 3.65. The van der Waals surface area contributed by atoms with E-state index in [2.05, 4.69) is 48.3 Å². The Labute approximate surface area is 198 Å². The van der Waals surface area contributed by atoms with Crippen molar-refractivity contribution in [3.05, 3.63) is 65.2 Å². The third kappa shape index (κ3) is 5.66. The minimum absolute atomic E-state index is 0.202. The number of β-amino-alcohol motifs (C(OH)–C–C–N with tert-alkyl or cyclic N) is 1. The molecule has 180 valence electrons. The second-order valence-electron chi connectivity index (χ2n) is 10.2. The lowest BCUT2D eigenvalue weighted by molar-refractivity contribution is 0.0906. The molecule has 2 aromatic carbocycles. The number of sulfonamides is 1. The van der Waals surface area contributed by atoms with Crippen LogP contribution in [-0.2, 0) is 23.0 Å². The van der Waals surface area contributed by atoms with Crippen molar-refractivity contribution in [3.8, 4) is 0 Å². The number of hydrogen-bond acceptors (Lipinski definition) is 5. The van der Waals surface area contributed by atoms with Crippen molar-refractivity contribution in [2.45, 2.75) is 69.2 Å². The zero-order valence-electron chi connectivity index (χ0n) is 20.0. The van der Waals surface area contributed by atoms with E-state index in [1.165, 1.54) is 15.4 Å². The maximum atomic E-state index is 13.2. The van der Waals surface area contributed by atoms with Crippen LogP contribution in [0.15, 0.2) is 53.4 Å². The molecule has 0 aliphatic carbocycles. The highest BCUT2D eigenvalue weighted by Gasteiger charge is 2.39. The Kier molecular flexibility index (Phi) is 7.26. The Bertz CT molecular complexity index is 1050. The zero-order chi connectivity index (χ0) is 23.6. The standard InChI is InChI=1S/C26H37N3O3S/c1-20-10-12-23(13-11-20)33(31,32)29-15-6-9-24(29)25(30)17-27-26(2,3)19-28-16-14-21-7-4-5-8-22(21)18-28/h4-5,7-8,10-13,24-25,27,30H,6,9,14-19H2,1-3H3/t24-,25-/m1/s1. The molecule has 2 aliphatic heterocycles. The van der Waals surface area contributed by atoms with E-state index in [4.69, 9.17) is 0 Å². The van der Waals surface area contributed by atoms with Crippen LogP contribution in [0.5, 0.6) is 0 Å². The summed E-state index contributed by atoms with van der Waals surface area (Å²) in [6.45, 7) is 9.88. The average Bonchev–Trinajstić information content (AvgIpc) is 3.29. The number of aliphatic hydroxyl groups excluding tert-OH is 1. The van der Waals surface area contributed by atoms with Gasteiger partial charge in [0.2, 0.25) is 10.0 Å². The molecule has 2 atom stereocenters. The SMILES string of the molecule is Cc1ccc(S(=O)(=O)N2CCC[C@@H]2[C@H](O)CNC(C)(C)CN2CCc3ccccc3C2)cc1. The third-order valence-electron chi connectivity index (χ3n) is 6.94. The highest BCUT2D eigenvalue weighted by molar-refractivity contribution is 7.89. The predicted molar refractivity (Wildman–Crippen MR) is 132 cm³/mol. The summed E-state index contributed by atoms with van der Waals surface area (Å²) in [4.78, 5) is 2.75.